The van der Waals surface area contributed by atoms with Crippen LogP contribution in [-0.2, 0) is 0 Å². The van der Waals surface area contributed by atoms with Crippen LogP contribution in [0.2, 0.25) is 0 Å². The molecule has 66 valence electrons. The molecule has 2 heteroatoms. The predicted molar refractivity (Wildman–Crippen MR) is 57.0 cm³/mol. The number of rotatable bonds is 0. The molecule has 2 aromatic heterocycles. The summed E-state index contributed by atoms with van der Waals surface area (Å²) in [7, 11) is 0. The van der Waals surface area contributed by atoms with E-state index < -0.39 is 0 Å². The molecule has 0 fully saturated rings. The van der Waals surface area contributed by atoms with E-state index in [-0.39, 0.29) is 6.17 Å². The van der Waals surface area contributed by atoms with Crippen LogP contribution in [0.3, 0.4) is 0 Å². The average molecular weight is 181 g/mol. The topological polar surface area (TPSA) is 25.8 Å². The minimum Gasteiger partial charge on any atom is -0.254 e. The van der Waals surface area contributed by atoms with Gasteiger partial charge in [-0.3, -0.25) is 9.97 Å². The predicted octanol–water partition coefficient (Wildman–Crippen LogP) is 2.78. The highest BCUT2D eigenvalue weighted by Gasteiger charge is 2.00. The van der Waals surface area contributed by atoms with Gasteiger partial charge < -0.3 is 0 Å². The molecule has 0 N–H and O–H groups in total. The Morgan fingerprint density at radius 1 is 0.857 bits per heavy atom. The molecule has 0 aliphatic heterocycles. The maximum Gasteiger partial charge on any atom is 0.0964 e. The van der Waals surface area contributed by atoms with Crippen LogP contribution < -0.4 is 0 Å². The molecule has 3 rings (SSSR count). The maximum absolute atomic E-state index is 7.51. The lowest BCUT2D eigenvalue weighted by molar-refractivity contribution is 1.37. The molecule has 0 saturated carbocycles. The van der Waals surface area contributed by atoms with Gasteiger partial charge in [0.05, 0.1) is 12.4 Å². The first-order valence-corrected chi connectivity index (χ1v) is 4.46. The average Bonchev–Trinajstić information content (AvgIpc) is 2.29. The summed E-state index contributed by atoms with van der Waals surface area (Å²) in [5.41, 5.74) is 1.67. The van der Waals surface area contributed by atoms with Crippen molar-refractivity contribution in [3.05, 3.63) is 48.8 Å². The van der Waals surface area contributed by atoms with E-state index in [0.717, 1.165) is 21.8 Å². The number of pyridine rings is 2. The molecular weight excluding hydrogens is 172 g/mol. The maximum atomic E-state index is 7.51. The summed E-state index contributed by atoms with van der Waals surface area (Å²) < 4.78 is 7.51. The summed E-state index contributed by atoms with van der Waals surface area (Å²) in [5.74, 6) is 0. The summed E-state index contributed by atoms with van der Waals surface area (Å²) in [5, 5.41) is 2.08. The molecule has 1 aromatic carbocycles. The van der Waals surface area contributed by atoms with E-state index in [2.05, 4.69) is 9.97 Å². The second-order valence-corrected chi connectivity index (χ2v) is 3.15. The van der Waals surface area contributed by atoms with Gasteiger partial charge in [0.15, 0.2) is 0 Å². The SMILES string of the molecule is [2H]c1ccc2ccc3cccnc3c2n1. The molecule has 3 aromatic rings. The fourth-order valence-electron chi connectivity index (χ4n) is 1.63. The molecule has 0 aliphatic carbocycles. The van der Waals surface area contributed by atoms with Crippen molar-refractivity contribution >= 4 is 21.8 Å². The Morgan fingerprint density at radius 2 is 1.57 bits per heavy atom. The second-order valence-electron chi connectivity index (χ2n) is 3.15. The van der Waals surface area contributed by atoms with Gasteiger partial charge in [-0.15, -0.1) is 0 Å². The van der Waals surface area contributed by atoms with Gasteiger partial charge in [0.2, 0.25) is 0 Å². The van der Waals surface area contributed by atoms with Crippen LogP contribution in [0.25, 0.3) is 21.8 Å². The lowest BCUT2D eigenvalue weighted by Gasteiger charge is -2.00. The highest BCUT2D eigenvalue weighted by molar-refractivity contribution is 6.02. The van der Waals surface area contributed by atoms with Crippen molar-refractivity contribution in [3.63, 3.8) is 0 Å². The number of hydrogen-bond donors (Lipinski definition) is 0. The highest BCUT2D eigenvalue weighted by Crippen LogP contribution is 2.20. The summed E-state index contributed by atoms with van der Waals surface area (Å²) in [6.07, 6.45) is 2.03. The summed E-state index contributed by atoms with van der Waals surface area (Å²) >= 11 is 0. The quantitative estimate of drug-likeness (QED) is 0.498. The molecule has 0 saturated heterocycles. The standard InChI is InChI=1S/C12H8N2/c1-3-9-5-6-10-4-2-8-14-12(10)11(9)13-7-1/h1-8H/i7D. The monoisotopic (exact) mass is 181 g/mol. The van der Waals surface area contributed by atoms with Gasteiger partial charge in [0, 0.05) is 23.1 Å². The van der Waals surface area contributed by atoms with E-state index in [9.17, 15) is 0 Å². The van der Waals surface area contributed by atoms with Crippen molar-refractivity contribution in [3.8, 4) is 0 Å². The number of nitrogens with zero attached hydrogens (tertiary/aromatic N) is 2. The Kier molecular flexibility index (Phi) is 1.28. The lowest BCUT2D eigenvalue weighted by atomic mass is 10.1. The van der Waals surface area contributed by atoms with Crippen LogP contribution in [0.1, 0.15) is 1.37 Å². The minimum absolute atomic E-state index is 0.278. The van der Waals surface area contributed by atoms with Crippen molar-refractivity contribution in [1.29, 1.82) is 0 Å². The van der Waals surface area contributed by atoms with Gasteiger partial charge >= 0.3 is 0 Å². The van der Waals surface area contributed by atoms with E-state index in [0.29, 0.717) is 0 Å². The fourth-order valence-corrected chi connectivity index (χ4v) is 1.63. The molecule has 0 unspecified atom stereocenters. The van der Waals surface area contributed by atoms with Crippen molar-refractivity contribution in [2.45, 2.75) is 0 Å². The molecule has 0 bridgehead atoms. The number of benzene rings is 1. The zero-order valence-corrected chi connectivity index (χ0v) is 7.44. The van der Waals surface area contributed by atoms with Gasteiger partial charge in [0.25, 0.3) is 0 Å². The van der Waals surface area contributed by atoms with E-state index in [1.54, 1.807) is 12.3 Å². The van der Waals surface area contributed by atoms with Crippen LogP contribution in [0, 0.1) is 0 Å². The third-order valence-electron chi connectivity index (χ3n) is 2.29. The van der Waals surface area contributed by atoms with Crippen molar-refractivity contribution < 1.29 is 1.37 Å². The van der Waals surface area contributed by atoms with Gasteiger partial charge in [-0.1, -0.05) is 24.3 Å². The second kappa shape index (κ2) is 2.77. The molecule has 0 spiro atoms. The first-order chi connectivity index (χ1) is 7.34. The Morgan fingerprint density at radius 3 is 2.43 bits per heavy atom. The highest BCUT2D eigenvalue weighted by atomic mass is 14.7. The van der Waals surface area contributed by atoms with E-state index in [4.69, 9.17) is 1.37 Å². The molecule has 0 radical (unpaired) electrons. The number of hydrogen-bond acceptors (Lipinski definition) is 2. The summed E-state index contributed by atoms with van der Waals surface area (Å²) in [6, 6.07) is 11.5. The van der Waals surface area contributed by atoms with Crippen molar-refractivity contribution in [2.24, 2.45) is 0 Å². The van der Waals surface area contributed by atoms with Crippen LogP contribution >= 0.6 is 0 Å². The van der Waals surface area contributed by atoms with E-state index in [1.807, 2.05) is 30.3 Å². The van der Waals surface area contributed by atoms with Gasteiger partial charge in [-0.25, -0.2) is 0 Å². The van der Waals surface area contributed by atoms with Crippen molar-refractivity contribution in [1.82, 2.24) is 9.97 Å². The van der Waals surface area contributed by atoms with Gasteiger partial charge in [0.1, 0.15) is 0 Å². The fraction of sp³-hybridized carbons (Fsp3) is 0. The van der Waals surface area contributed by atoms with Gasteiger partial charge in [-0.2, -0.15) is 0 Å². The van der Waals surface area contributed by atoms with Crippen molar-refractivity contribution in [2.75, 3.05) is 0 Å². The molecule has 2 nitrogen and oxygen atoms in total. The molecule has 0 atom stereocenters. The summed E-state index contributed by atoms with van der Waals surface area (Å²) in [6.45, 7) is 0. The minimum atomic E-state index is 0.278. The Labute approximate surface area is 82.6 Å². The first kappa shape index (κ1) is 6.49. The van der Waals surface area contributed by atoms with E-state index >= 15 is 0 Å². The lowest BCUT2D eigenvalue weighted by Crippen LogP contribution is -1.83. The first-order valence-electron chi connectivity index (χ1n) is 4.96. The Hall–Kier alpha value is -1.96. The Bertz CT molecular complexity index is 649. The third-order valence-corrected chi connectivity index (χ3v) is 2.29. The van der Waals surface area contributed by atoms with Crippen LogP contribution in [0.5, 0.6) is 0 Å². The number of fused-ring (bicyclic) bond motifs is 3. The normalized spacial score (nSPS) is 11.9. The smallest absolute Gasteiger partial charge is 0.0964 e. The molecule has 14 heavy (non-hydrogen) atoms. The zero-order chi connectivity index (χ0) is 10.3. The zero-order valence-electron chi connectivity index (χ0n) is 8.44. The summed E-state index contributed by atoms with van der Waals surface area (Å²) in [4.78, 5) is 8.51. The van der Waals surface area contributed by atoms with Crippen LogP contribution in [-0.4, -0.2) is 9.97 Å². The number of aromatic nitrogens is 2. The molecular formula is C12H8N2. The molecule has 2 heterocycles. The Balaban J connectivity index is 2.57. The van der Waals surface area contributed by atoms with E-state index in [1.165, 1.54) is 0 Å². The van der Waals surface area contributed by atoms with Crippen LogP contribution in [0.15, 0.2) is 48.8 Å². The van der Waals surface area contributed by atoms with Gasteiger partial charge in [-0.05, 0) is 12.1 Å². The largest absolute Gasteiger partial charge is 0.254 e. The van der Waals surface area contributed by atoms with Crippen LogP contribution in [0.4, 0.5) is 0 Å². The molecule has 0 amide bonds. The third kappa shape index (κ3) is 0.973. The molecule has 0 aliphatic rings.